The average molecular weight is 362 g/mol. The highest BCUT2D eigenvalue weighted by atomic mass is 79.9. The first-order chi connectivity index (χ1) is 9.43. The molecular formula is C13H20BrN3O2S. The predicted octanol–water partition coefficient (Wildman–Crippen LogP) is 1.50. The molecule has 20 heavy (non-hydrogen) atoms. The number of anilines is 1. The van der Waals surface area contributed by atoms with Crippen LogP contribution in [0.1, 0.15) is 6.42 Å². The molecule has 0 unspecified atom stereocenters. The van der Waals surface area contributed by atoms with E-state index in [1.54, 1.807) is 16.4 Å². The van der Waals surface area contributed by atoms with Gasteiger partial charge in [0.05, 0.1) is 4.90 Å². The van der Waals surface area contributed by atoms with E-state index in [4.69, 9.17) is 0 Å². The highest BCUT2D eigenvalue weighted by molar-refractivity contribution is 9.10. The Kier molecular flexibility index (Phi) is 5.06. The first kappa shape index (κ1) is 15.8. The molecule has 5 nitrogen and oxygen atoms in total. The number of halogens is 1. The van der Waals surface area contributed by atoms with Crippen molar-refractivity contribution in [2.24, 2.45) is 0 Å². The molecule has 1 aliphatic heterocycles. The molecular weight excluding hydrogens is 342 g/mol. The molecule has 0 amide bonds. The van der Waals surface area contributed by atoms with E-state index >= 15 is 0 Å². The van der Waals surface area contributed by atoms with Gasteiger partial charge in [-0.15, -0.1) is 0 Å². The summed E-state index contributed by atoms with van der Waals surface area (Å²) in [4.78, 5) is 2.24. The molecule has 112 valence electrons. The van der Waals surface area contributed by atoms with Gasteiger partial charge < -0.3 is 10.2 Å². The first-order valence-electron chi connectivity index (χ1n) is 6.60. The first-order valence-corrected chi connectivity index (χ1v) is 8.84. The smallest absolute Gasteiger partial charge is 0.244 e. The van der Waals surface area contributed by atoms with Gasteiger partial charge in [-0.1, -0.05) is 0 Å². The fraction of sp³-hybridized carbons (Fsp3) is 0.538. The molecule has 1 aliphatic rings. The van der Waals surface area contributed by atoms with Gasteiger partial charge in [-0.3, -0.25) is 0 Å². The summed E-state index contributed by atoms with van der Waals surface area (Å²) in [5.74, 6) is 0. The van der Waals surface area contributed by atoms with Gasteiger partial charge in [0.1, 0.15) is 0 Å². The normalized spacial score (nSPS) is 17.8. The molecule has 0 radical (unpaired) electrons. The Morgan fingerprint density at radius 3 is 2.70 bits per heavy atom. The zero-order valence-electron chi connectivity index (χ0n) is 11.8. The number of sulfonamides is 1. The molecule has 1 fully saturated rings. The van der Waals surface area contributed by atoms with Crippen molar-refractivity contribution >= 4 is 31.6 Å². The van der Waals surface area contributed by atoms with Crippen molar-refractivity contribution in [3.63, 3.8) is 0 Å². The van der Waals surface area contributed by atoms with Crippen LogP contribution < -0.4 is 10.2 Å². The monoisotopic (exact) mass is 361 g/mol. The second-order valence-electron chi connectivity index (χ2n) is 5.02. The minimum absolute atomic E-state index is 0.339. The van der Waals surface area contributed by atoms with Crippen molar-refractivity contribution in [1.82, 2.24) is 9.62 Å². The number of nitrogens with one attached hydrogen (secondary N) is 1. The van der Waals surface area contributed by atoms with E-state index in [9.17, 15) is 8.42 Å². The Balaban J connectivity index is 2.39. The van der Waals surface area contributed by atoms with Gasteiger partial charge in [0.15, 0.2) is 0 Å². The van der Waals surface area contributed by atoms with Gasteiger partial charge >= 0.3 is 0 Å². The molecule has 0 spiro atoms. The molecule has 1 N–H and O–H groups in total. The van der Waals surface area contributed by atoms with E-state index < -0.39 is 10.0 Å². The maximum Gasteiger partial charge on any atom is 0.244 e. The zero-order chi connectivity index (χ0) is 14.8. The molecule has 0 aliphatic carbocycles. The van der Waals surface area contributed by atoms with Gasteiger partial charge in [-0.05, 0) is 47.1 Å². The lowest BCUT2D eigenvalue weighted by Gasteiger charge is -2.22. The van der Waals surface area contributed by atoms with Crippen molar-refractivity contribution in [2.75, 3.05) is 45.2 Å². The molecule has 1 aromatic carbocycles. The Morgan fingerprint density at radius 2 is 2.00 bits per heavy atom. The Morgan fingerprint density at radius 1 is 1.25 bits per heavy atom. The third-order valence-electron chi connectivity index (χ3n) is 3.35. The summed E-state index contributed by atoms with van der Waals surface area (Å²) in [6.45, 7) is 2.64. The van der Waals surface area contributed by atoms with Gasteiger partial charge in [-0.25, -0.2) is 8.42 Å². The molecule has 7 heteroatoms. The van der Waals surface area contributed by atoms with Crippen LogP contribution in [0.2, 0.25) is 0 Å². The topological polar surface area (TPSA) is 52.7 Å². The molecule has 2 rings (SSSR count). The van der Waals surface area contributed by atoms with Crippen LogP contribution in [-0.2, 0) is 10.0 Å². The van der Waals surface area contributed by atoms with Crippen LogP contribution in [0.3, 0.4) is 0 Å². The zero-order valence-corrected chi connectivity index (χ0v) is 14.2. The van der Waals surface area contributed by atoms with E-state index in [2.05, 4.69) is 21.2 Å². The number of hydrogen-bond donors (Lipinski definition) is 1. The summed E-state index contributed by atoms with van der Waals surface area (Å²) in [5.41, 5.74) is 0.875. The fourth-order valence-electron chi connectivity index (χ4n) is 2.17. The predicted molar refractivity (Wildman–Crippen MR) is 84.7 cm³/mol. The molecule has 0 bridgehead atoms. The quantitative estimate of drug-likeness (QED) is 0.886. The molecule has 1 saturated heterocycles. The third kappa shape index (κ3) is 3.33. The number of rotatable bonds is 3. The minimum atomic E-state index is -3.45. The third-order valence-corrected chi connectivity index (χ3v) is 6.24. The molecule has 0 aromatic heterocycles. The Labute approximate surface area is 129 Å². The Hall–Kier alpha value is -0.630. The van der Waals surface area contributed by atoms with Gasteiger partial charge in [0.2, 0.25) is 10.0 Å². The fourth-order valence-corrected chi connectivity index (χ4v) is 4.59. The summed E-state index contributed by atoms with van der Waals surface area (Å²) in [6.07, 6.45) is 0.838. The van der Waals surface area contributed by atoms with Crippen LogP contribution in [0, 0.1) is 0 Å². The highest BCUT2D eigenvalue weighted by Crippen LogP contribution is 2.29. The molecule has 0 saturated carbocycles. The van der Waals surface area contributed by atoms with E-state index in [0.717, 1.165) is 18.7 Å². The standard InChI is InChI=1S/C13H20BrN3O2S/c1-16(2)11-4-5-12(14)13(10-11)20(18,19)17-8-3-6-15-7-9-17/h4-5,10,15H,3,6-9H2,1-2H3. The van der Waals surface area contributed by atoms with E-state index in [1.807, 2.05) is 25.1 Å². The summed E-state index contributed by atoms with van der Waals surface area (Å²) in [5, 5.41) is 3.22. The number of benzene rings is 1. The second-order valence-corrected chi connectivity index (χ2v) is 7.78. The maximum absolute atomic E-state index is 12.8. The van der Waals surface area contributed by atoms with Crippen LogP contribution in [0.5, 0.6) is 0 Å². The average Bonchev–Trinajstić information content (AvgIpc) is 2.68. The van der Waals surface area contributed by atoms with Crippen LogP contribution in [0.15, 0.2) is 27.6 Å². The van der Waals surface area contributed by atoms with E-state index in [1.165, 1.54) is 0 Å². The lowest BCUT2D eigenvalue weighted by Crippen LogP contribution is -2.34. The van der Waals surface area contributed by atoms with Crippen LogP contribution in [0.4, 0.5) is 5.69 Å². The number of hydrogen-bond acceptors (Lipinski definition) is 4. The van der Waals surface area contributed by atoms with Crippen molar-refractivity contribution in [1.29, 1.82) is 0 Å². The summed E-state index contributed by atoms with van der Waals surface area (Å²) >= 11 is 3.36. The maximum atomic E-state index is 12.8. The van der Waals surface area contributed by atoms with E-state index in [-0.39, 0.29) is 0 Å². The SMILES string of the molecule is CN(C)c1ccc(Br)c(S(=O)(=O)N2CCCNCC2)c1. The van der Waals surface area contributed by atoms with Gasteiger partial charge in [0, 0.05) is 43.9 Å². The van der Waals surface area contributed by atoms with Crippen LogP contribution in [-0.4, -0.2) is 53.0 Å². The summed E-state index contributed by atoms with van der Waals surface area (Å²) in [6, 6.07) is 5.41. The van der Waals surface area contributed by atoms with Gasteiger partial charge in [-0.2, -0.15) is 4.31 Å². The number of nitrogens with zero attached hydrogens (tertiary/aromatic N) is 2. The Bertz CT molecular complexity index is 567. The van der Waals surface area contributed by atoms with E-state index in [0.29, 0.717) is 29.0 Å². The largest absolute Gasteiger partial charge is 0.378 e. The molecule has 1 heterocycles. The highest BCUT2D eigenvalue weighted by Gasteiger charge is 2.27. The molecule has 0 atom stereocenters. The molecule has 1 aromatic rings. The van der Waals surface area contributed by atoms with Gasteiger partial charge in [0.25, 0.3) is 0 Å². The second kappa shape index (κ2) is 6.43. The van der Waals surface area contributed by atoms with Crippen molar-refractivity contribution < 1.29 is 8.42 Å². The van der Waals surface area contributed by atoms with Crippen molar-refractivity contribution in [2.45, 2.75) is 11.3 Å². The van der Waals surface area contributed by atoms with Crippen LogP contribution in [0.25, 0.3) is 0 Å². The van der Waals surface area contributed by atoms with Crippen LogP contribution >= 0.6 is 15.9 Å². The summed E-state index contributed by atoms with van der Waals surface area (Å²) in [7, 11) is 0.344. The summed E-state index contributed by atoms with van der Waals surface area (Å²) < 4.78 is 27.7. The lowest BCUT2D eigenvalue weighted by atomic mass is 10.3. The van der Waals surface area contributed by atoms with Crippen molar-refractivity contribution in [3.8, 4) is 0 Å². The lowest BCUT2D eigenvalue weighted by molar-refractivity contribution is 0.431. The minimum Gasteiger partial charge on any atom is -0.378 e. The van der Waals surface area contributed by atoms with Crippen molar-refractivity contribution in [3.05, 3.63) is 22.7 Å².